The summed E-state index contributed by atoms with van der Waals surface area (Å²) in [5.74, 6) is -0.254. The maximum atomic E-state index is 12.4. The molecule has 1 amide bonds. The number of thioether (sulfide) groups is 1. The van der Waals surface area contributed by atoms with Crippen molar-refractivity contribution in [1.82, 2.24) is 9.97 Å². The van der Waals surface area contributed by atoms with Crippen molar-refractivity contribution in [2.75, 3.05) is 5.32 Å². The molecule has 7 nitrogen and oxygen atoms in total. The standard InChI is InChI=1S/C19H18N4O3S/c1-12-8-9-15(10-17(12)23(25)26)21-18(24)13(2)27-19-20-11-16(22-19)14-6-4-3-5-7-14/h3-11,13H,1-2H3,(H,20,22)(H,21,24). The van der Waals surface area contributed by atoms with Crippen LogP contribution in [0.25, 0.3) is 11.3 Å². The number of benzene rings is 2. The first-order valence-corrected chi connectivity index (χ1v) is 9.15. The van der Waals surface area contributed by atoms with Crippen LogP contribution < -0.4 is 5.32 Å². The molecule has 2 aromatic carbocycles. The molecule has 0 radical (unpaired) electrons. The monoisotopic (exact) mass is 382 g/mol. The molecule has 1 unspecified atom stereocenters. The minimum Gasteiger partial charge on any atom is -0.333 e. The Morgan fingerprint density at radius 3 is 2.70 bits per heavy atom. The Bertz CT molecular complexity index is 972. The molecule has 0 aliphatic carbocycles. The number of nitrogens with one attached hydrogen (secondary N) is 2. The Kier molecular flexibility index (Phi) is 5.56. The number of anilines is 1. The van der Waals surface area contributed by atoms with Gasteiger partial charge in [0.2, 0.25) is 5.91 Å². The van der Waals surface area contributed by atoms with Gasteiger partial charge in [0.1, 0.15) is 0 Å². The van der Waals surface area contributed by atoms with Gasteiger partial charge in [0.15, 0.2) is 5.16 Å². The van der Waals surface area contributed by atoms with E-state index in [9.17, 15) is 14.9 Å². The topological polar surface area (TPSA) is 101 Å². The number of carbonyl (C=O) groups is 1. The molecule has 0 bridgehead atoms. The molecule has 8 heteroatoms. The Labute approximate surface area is 160 Å². The number of nitro benzene ring substituents is 1. The SMILES string of the molecule is Cc1ccc(NC(=O)C(C)Sc2ncc(-c3ccccc3)[nH]2)cc1[N+](=O)[O-]. The molecule has 138 valence electrons. The highest BCUT2D eigenvalue weighted by molar-refractivity contribution is 8.00. The van der Waals surface area contributed by atoms with Crippen LogP contribution in [0.2, 0.25) is 0 Å². The van der Waals surface area contributed by atoms with Crippen LogP contribution in [-0.4, -0.2) is 26.0 Å². The van der Waals surface area contributed by atoms with Crippen LogP contribution in [0, 0.1) is 17.0 Å². The molecule has 0 aliphatic rings. The quantitative estimate of drug-likeness (QED) is 0.373. The lowest BCUT2D eigenvalue weighted by Crippen LogP contribution is -2.22. The van der Waals surface area contributed by atoms with Gasteiger partial charge in [0, 0.05) is 17.3 Å². The molecule has 2 N–H and O–H groups in total. The first-order valence-electron chi connectivity index (χ1n) is 8.27. The van der Waals surface area contributed by atoms with Gasteiger partial charge in [-0.2, -0.15) is 0 Å². The number of hydrogen-bond acceptors (Lipinski definition) is 5. The van der Waals surface area contributed by atoms with E-state index in [2.05, 4.69) is 15.3 Å². The highest BCUT2D eigenvalue weighted by atomic mass is 32.2. The van der Waals surface area contributed by atoms with Crippen LogP contribution in [0.3, 0.4) is 0 Å². The Balaban J connectivity index is 1.65. The zero-order valence-electron chi connectivity index (χ0n) is 14.8. The Morgan fingerprint density at radius 1 is 1.26 bits per heavy atom. The summed E-state index contributed by atoms with van der Waals surface area (Å²) in [5, 5.41) is 13.9. The van der Waals surface area contributed by atoms with Crippen molar-refractivity contribution in [3.63, 3.8) is 0 Å². The molecule has 0 spiro atoms. The summed E-state index contributed by atoms with van der Waals surface area (Å²) >= 11 is 1.29. The molecular formula is C19H18N4O3S. The number of imidazole rings is 1. The molecular weight excluding hydrogens is 364 g/mol. The third-order valence-corrected chi connectivity index (χ3v) is 4.97. The average molecular weight is 382 g/mol. The number of aromatic amines is 1. The second-order valence-electron chi connectivity index (χ2n) is 5.98. The fourth-order valence-electron chi connectivity index (χ4n) is 2.48. The first kappa shape index (κ1) is 18.7. The molecule has 1 heterocycles. The Morgan fingerprint density at radius 2 is 2.00 bits per heavy atom. The number of amides is 1. The summed E-state index contributed by atoms with van der Waals surface area (Å²) in [7, 11) is 0. The lowest BCUT2D eigenvalue weighted by molar-refractivity contribution is -0.385. The van der Waals surface area contributed by atoms with Crippen LogP contribution in [0.15, 0.2) is 59.9 Å². The van der Waals surface area contributed by atoms with E-state index in [1.165, 1.54) is 17.8 Å². The molecule has 27 heavy (non-hydrogen) atoms. The second-order valence-corrected chi connectivity index (χ2v) is 7.31. The molecule has 0 aliphatic heterocycles. The number of H-pyrrole nitrogens is 1. The van der Waals surface area contributed by atoms with Crippen molar-refractivity contribution in [3.05, 3.63) is 70.4 Å². The summed E-state index contributed by atoms with van der Waals surface area (Å²) in [4.78, 5) is 30.5. The predicted molar refractivity (Wildman–Crippen MR) is 106 cm³/mol. The van der Waals surface area contributed by atoms with Gasteiger partial charge in [0.25, 0.3) is 5.69 Å². The number of nitrogens with zero attached hydrogens (tertiary/aromatic N) is 2. The van der Waals surface area contributed by atoms with Gasteiger partial charge in [-0.1, -0.05) is 48.2 Å². The zero-order chi connectivity index (χ0) is 19.4. The fraction of sp³-hybridized carbons (Fsp3) is 0.158. The molecule has 3 rings (SSSR count). The highest BCUT2D eigenvalue weighted by Crippen LogP contribution is 2.26. The number of hydrogen-bond donors (Lipinski definition) is 2. The van der Waals surface area contributed by atoms with Crippen LogP contribution >= 0.6 is 11.8 Å². The Hall–Kier alpha value is -3.13. The minimum absolute atomic E-state index is 0.0216. The molecule has 0 saturated heterocycles. The summed E-state index contributed by atoms with van der Waals surface area (Å²) in [6.45, 7) is 3.41. The van der Waals surface area contributed by atoms with Gasteiger partial charge < -0.3 is 10.3 Å². The predicted octanol–water partition coefficient (Wildman–Crippen LogP) is 4.41. The number of carbonyl (C=O) groups excluding carboxylic acids is 1. The molecule has 3 aromatic rings. The highest BCUT2D eigenvalue weighted by Gasteiger charge is 2.18. The first-order chi connectivity index (χ1) is 12.9. The van der Waals surface area contributed by atoms with Crippen LogP contribution in [0.4, 0.5) is 11.4 Å². The van der Waals surface area contributed by atoms with Gasteiger partial charge >= 0.3 is 0 Å². The lowest BCUT2D eigenvalue weighted by Gasteiger charge is -2.11. The number of aryl methyl sites for hydroxylation is 1. The second kappa shape index (κ2) is 8.05. The van der Waals surface area contributed by atoms with Gasteiger partial charge in [-0.3, -0.25) is 14.9 Å². The smallest absolute Gasteiger partial charge is 0.274 e. The van der Waals surface area contributed by atoms with Crippen LogP contribution in [-0.2, 0) is 4.79 Å². The van der Waals surface area contributed by atoms with E-state index in [4.69, 9.17) is 0 Å². The third kappa shape index (κ3) is 4.53. The van der Waals surface area contributed by atoms with Gasteiger partial charge in [-0.15, -0.1) is 0 Å². The largest absolute Gasteiger partial charge is 0.333 e. The number of nitro groups is 1. The van der Waals surface area contributed by atoms with Gasteiger partial charge in [-0.25, -0.2) is 4.98 Å². The minimum atomic E-state index is -0.461. The molecule has 1 aromatic heterocycles. The summed E-state index contributed by atoms with van der Waals surface area (Å²) < 4.78 is 0. The molecule has 1 atom stereocenters. The van der Waals surface area contributed by atoms with Crippen molar-refractivity contribution in [2.24, 2.45) is 0 Å². The van der Waals surface area contributed by atoms with Crippen LogP contribution in [0.5, 0.6) is 0 Å². The summed E-state index contributed by atoms with van der Waals surface area (Å²) in [5.41, 5.74) is 2.81. The maximum absolute atomic E-state index is 12.4. The van der Waals surface area contributed by atoms with E-state index in [1.807, 2.05) is 30.3 Å². The lowest BCUT2D eigenvalue weighted by atomic mass is 10.2. The van der Waals surface area contributed by atoms with E-state index >= 15 is 0 Å². The van der Waals surface area contributed by atoms with Gasteiger partial charge in [-0.05, 0) is 25.5 Å². The number of aromatic nitrogens is 2. The average Bonchev–Trinajstić information content (AvgIpc) is 3.12. The van der Waals surface area contributed by atoms with Crippen molar-refractivity contribution >= 4 is 29.0 Å². The van der Waals surface area contributed by atoms with Crippen molar-refractivity contribution < 1.29 is 9.72 Å². The normalized spacial score (nSPS) is 11.8. The molecule has 0 fully saturated rings. The van der Waals surface area contributed by atoms with E-state index in [-0.39, 0.29) is 11.6 Å². The van der Waals surface area contributed by atoms with E-state index in [0.717, 1.165) is 11.3 Å². The zero-order valence-corrected chi connectivity index (χ0v) is 15.6. The van der Waals surface area contributed by atoms with Crippen molar-refractivity contribution in [2.45, 2.75) is 24.3 Å². The maximum Gasteiger partial charge on any atom is 0.274 e. The van der Waals surface area contributed by atoms with Gasteiger partial charge in [0.05, 0.1) is 22.1 Å². The third-order valence-electron chi connectivity index (χ3n) is 3.97. The van der Waals surface area contributed by atoms with Crippen LogP contribution in [0.1, 0.15) is 12.5 Å². The van der Waals surface area contributed by atoms with Crippen molar-refractivity contribution in [1.29, 1.82) is 0 Å². The van der Waals surface area contributed by atoms with E-state index in [1.54, 1.807) is 32.2 Å². The van der Waals surface area contributed by atoms with E-state index in [0.29, 0.717) is 16.4 Å². The summed E-state index contributed by atoms with van der Waals surface area (Å²) in [6.07, 6.45) is 1.73. The molecule has 0 saturated carbocycles. The van der Waals surface area contributed by atoms with Crippen molar-refractivity contribution in [3.8, 4) is 11.3 Å². The van der Waals surface area contributed by atoms with E-state index < -0.39 is 10.2 Å². The fourth-order valence-corrected chi connectivity index (χ4v) is 3.26. The number of rotatable bonds is 6. The summed E-state index contributed by atoms with van der Waals surface area (Å²) in [6, 6.07) is 14.4.